The van der Waals surface area contributed by atoms with Gasteiger partial charge in [0.05, 0.1) is 5.54 Å². The van der Waals surface area contributed by atoms with Crippen LogP contribution in [-0.2, 0) is 4.79 Å². The van der Waals surface area contributed by atoms with Crippen LogP contribution in [0.1, 0.15) is 26.7 Å². The lowest BCUT2D eigenvalue weighted by molar-refractivity contribution is -0.137. The fraction of sp³-hybridized carbons (Fsp3) is 0.900. The second kappa shape index (κ2) is 4.28. The fourth-order valence-corrected chi connectivity index (χ4v) is 1.80. The molecule has 1 rings (SSSR count). The van der Waals surface area contributed by atoms with Gasteiger partial charge < -0.3 is 16.0 Å². The van der Waals surface area contributed by atoms with Crippen LogP contribution >= 0.6 is 0 Å². The number of likely N-dealkylation sites (tertiary alicyclic amines) is 1. The molecule has 3 N–H and O–H groups in total. The number of hydrogen-bond donors (Lipinski definition) is 2. The van der Waals surface area contributed by atoms with Gasteiger partial charge in [-0.05, 0) is 33.7 Å². The molecule has 1 aliphatic heterocycles. The third-order valence-corrected chi connectivity index (χ3v) is 2.67. The Kier molecular flexibility index (Phi) is 3.50. The van der Waals surface area contributed by atoms with Crippen LogP contribution in [0.15, 0.2) is 0 Å². The standard InChI is InChI=1S/C10H21N3O/c1-10(2,11)9(14)13-6-4-5-8(7-13)12-3/h8,12H,4-7,11H2,1-3H3. The van der Waals surface area contributed by atoms with Crippen LogP contribution in [0.4, 0.5) is 0 Å². The smallest absolute Gasteiger partial charge is 0.242 e. The summed E-state index contributed by atoms with van der Waals surface area (Å²) < 4.78 is 0. The average molecular weight is 199 g/mol. The van der Waals surface area contributed by atoms with Crippen LogP contribution in [0.5, 0.6) is 0 Å². The highest BCUT2D eigenvalue weighted by Gasteiger charge is 2.30. The van der Waals surface area contributed by atoms with Crippen LogP contribution in [0.3, 0.4) is 0 Å². The van der Waals surface area contributed by atoms with Crippen LogP contribution in [0.2, 0.25) is 0 Å². The molecular formula is C10H21N3O. The fourth-order valence-electron chi connectivity index (χ4n) is 1.80. The van der Waals surface area contributed by atoms with Crippen molar-refractivity contribution in [2.45, 2.75) is 38.3 Å². The molecule has 1 heterocycles. The van der Waals surface area contributed by atoms with Gasteiger partial charge in [-0.15, -0.1) is 0 Å². The molecule has 1 aliphatic rings. The molecular weight excluding hydrogens is 178 g/mol. The highest BCUT2D eigenvalue weighted by Crippen LogP contribution is 2.13. The minimum absolute atomic E-state index is 0.0532. The minimum Gasteiger partial charge on any atom is -0.340 e. The monoisotopic (exact) mass is 199 g/mol. The van der Waals surface area contributed by atoms with Crippen molar-refractivity contribution < 1.29 is 4.79 Å². The lowest BCUT2D eigenvalue weighted by Gasteiger charge is -2.36. The van der Waals surface area contributed by atoms with Crippen molar-refractivity contribution in [1.82, 2.24) is 10.2 Å². The summed E-state index contributed by atoms with van der Waals surface area (Å²) in [4.78, 5) is 13.7. The quantitative estimate of drug-likeness (QED) is 0.655. The largest absolute Gasteiger partial charge is 0.340 e. The van der Waals surface area contributed by atoms with Gasteiger partial charge in [-0.1, -0.05) is 0 Å². The van der Waals surface area contributed by atoms with Gasteiger partial charge in [-0.25, -0.2) is 0 Å². The number of hydrogen-bond acceptors (Lipinski definition) is 3. The molecule has 1 saturated heterocycles. The number of rotatable bonds is 2. The first-order chi connectivity index (χ1) is 6.45. The van der Waals surface area contributed by atoms with Crippen molar-refractivity contribution in [3.8, 4) is 0 Å². The molecule has 0 aliphatic carbocycles. The van der Waals surface area contributed by atoms with Gasteiger partial charge >= 0.3 is 0 Å². The van der Waals surface area contributed by atoms with Crippen LogP contribution in [0.25, 0.3) is 0 Å². The Hall–Kier alpha value is -0.610. The minimum atomic E-state index is -0.740. The Labute approximate surface area is 85.8 Å². The summed E-state index contributed by atoms with van der Waals surface area (Å²) in [6, 6.07) is 0.426. The molecule has 1 atom stereocenters. The van der Waals surface area contributed by atoms with Crippen molar-refractivity contribution in [2.75, 3.05) is 20.1 Å². The van der Waals surface area contributed by atoms with E-state index < -0.39 is 5.54 Å². The van der Waals surface area contributed by atoms with E-state index in [0.717, 1.165) is 25.9 Å². The Bertz CT molecular complexity index is 210. The zero-order chi connectivity index (χ0) is 10.8. The second-order valence-electron chi connectivity index (χ2n) is 4.60. The van der Waals surface area contributed by atoms with Gasteiger partial charge in [0.1, 0.15) is 0 Å². The summed E-state index contributed by atoms with van der Waals surface area (Å²) in [5.74, 6) is 0.0532. The summed E-state index contributed by atoms with van der Waals surface area (Å²) in [5, 5.41) is 3.21. The maximum atomic E-state index is 11.9. The molecule has 0 aromatic rings. The van der Waals surface area contributed by atoms with E-state index in [9.17, 15) is 4.79 Å². The average Bonchev–Trinajstić information content (AvgIpc) is 2.15. The zero-order valence-corrected chi connectivity index (χ0v) is 9.34. The number of nitrogens with one attached hydrogen (secondary N) is 1. The van der Waals surface area contributed by atoms with Crippen molar-refractivity contribution in [3.05, 3.63) is 0 Å². The molecule has 4 heteroatoms. The van der Waals surface area contributed by atoms with E-state index in [1.807, 2.05) is 11.9 Å². The Morgan fingerprint density at radius 2 is 2.21 bits per heavy atom. The van der Waals surface area contributed by atoms with Crippen LogP contribution in [-0.4, -0.2) is 42.5 Å². The van der Waals surface area contributed by atoms with Gasteiger partial charge in [0.15, 0.2) is 0 Å². The van der Waals surface area contributed by atoms with Crippen molar-refractivity contribution in [1.29, 1.82) is 0 Å². The number of carbonyl (C=O) groups excluding carboxylic acids is 1. The van der Waals surface area contributed by atoms with E-state index in [-0.39, 0.29) is 5.91 Å². The number of nitrogens with zero attached hydrogens (tertiary/aromatic N) is 1. The third-order valence-electron chi connectivity index (χ3n) is 2.67. The zero-order valence-electron chi connectivity index (χ0n) is 9.34. The molecule has 1 unspecified atom stereocenters. The lowest BCUT2D eigenvalue weighted by Crippen LogP contribution is -2.56. The van der Waals surface area contributed by atoms with Gasteiger partial charge in [0, 0.05) is 19.1 Å². The number of amides is 1. The number of carbonyl (C=O) groups is 1. The SMILES string of the molecule is CNC1CCCN(C(=O)C(C)(C)N)C1. The molecule has 0 radical (unpaired) electrons. The van der Waals surface area contributed by atoms with E-state index >= 15 is 0 Å². The Morgan fingerprint density at radius 3 is 2.71 bits per heavy atom. The van der Waals surface area contributed by atoms with Gasteiger partial charge in [0.2, 0.25) is 5.91 Å². The molecule has 1 fully saturated rings. The summed E-state index contributed by atoms with van der Waals surface area (Å²) in [7, 11) is 1.94. The first-order valence-corrected chi connectivity index (χ1v) is 5.20. The molecule has 14 heavy (non-hydrogen) atoms. The van der Waals surface area contributed by atoms with E-state index in [1.165, 1.54) is 0 Å². The lowest BCUT2D eigenvalue weighted by atomic mass is 10.0. The molecule has 0 bridgehead atoms. The first kappa shape index (κ1) is 11.5. The van der Waals surface area contributed by atoms with Gasteiger partial charge in [-0.2, -0.15) is 0 Å². The van der Waals surface area contributed by atoms with Crippen molar-refractivity contribution in [3.63, 3.8) is 0 Å². The molecule has 0 aromatic carbocycles. The number of nitrogens with two attached hydrogens (primary N) is 1. The number of likely N-dealkylation sites (N-methyl/N-ethyl adjacent to an activating group) is 1. The summed E-state index contributed by atoms with van der Waals surface area (Å²) >= 11 is 0. The third kappa shape index (κ3) is 2.69. The topological polar surface area (TPSA) is 58.4 Å². The first-order valence-electron chi connectivity index (χ1n) is 5.20. The maximum absolute atomic E-state index is 11.9. The Balaban J connectivity index is 2.56. The molecule has 4 nitrogen and oxygen atoms in total. The van der Waals surface area contributed by atoms with Crippen molar-refractivity contribution in [2.24, 2.45) is 5.73 Å². The predicted molar refractivity (Wildman–Crippen MR) is 56.9 cm³/mol. The van der Waals surface area contributed by atoms with Crippen LogP contribution < -0.4 is 11.1 Å². The number of piperidine rings is 1. The van der Waals surface area contributed by atoms with Crippen LogP contribution in [0, 0.1) is 0 Å². The van der Waals surface area contributed by atoms with E-state index in [0.29, 0.717) is 6.04 Å². The molecule has 1 amide bonds. The molecule has 0 spiro atoms. The van der Waals surface area contributed by atoms with E-state index in [1.54, 1.807) is 13.8 Å². The Morgan fingerprint density at radius 1 is 1.57 bits per heavy atom. The predicted octanol–water partition coefficient (Wildman–Crippen LogP) is -0.0659. The van der Waals surface area contributed by atoms with Gasteiger partial charge in [0.25, 0.3) is 0 Å². The van der Waals surface area contributed by atoms with Crippen molar-refractivity contribution >= 4 is 5.91 Å². The summed E-state index contributed by atoms with van der Waals surface area (Å²) in [5.41, 5.74) is 5.04. The van der Waals surface area contributed by atoms with Gasteiger partial charge in [-0.3, -0.25) is 4.79 Å². The maximum Gasteiger partial charge on any atom is 0.242 e. The highest BCUT2D eigenvalue weighted by molar-refractivity contribution is 5.85. The summed E-state index contributed by atoms with van der Waals surface area (Å²) in [6.45, 7) is 5.16. The normalized spacial score (nSPS) is 23.7. The highest BCUT2D eigenvalue weighted by atomic mass is 16.2. The van der Waals surface area contributed by atoms with E-state index in [4.69, 9.17) is 5.73 Å². The molecule has 0 saturated carbocycles. The second-order valence-corrected chi connectivity index (χ2v) is 4.60. The molecule has 0 aromatic heterocycles. The molecule has 82 valence electrons. The van der Waals surface area contributed by atoms with E-state index in [2.05, 4.69) is 5.32 Å². The summed E-state index contributed by atoms with van der Waals surface area (Å²) in [6.07, 6.45) is 2.21.